The number of hydrogen-bond donors (Lipinski definition) is 0. The Labute approximate surface area is 129 Å². The van der Waals surface area contributed by atoms with Gasteiger partial charge in [0.2, 0.25) is 0 Å². The molecule has 3 rings (SSSR count). The summed E-state index contributed by atoms with van der Waals surface area (Å²) in [6, 6.07) is 3.20. The van der Waals surface area contributed by atoms with E-state index >= 15 is 0 Å². The first-order valence-electron chi connectivity index (χ1n) is 7.26. The lowest BCUT2D eigenvalue weighted by molar-refractivity contribution is 0.0521. The lowest BCUT2D eigenvalue weighted by Crippen LogP contribution is -2.44. The number of pyridine rings is 1. The van der Waals surface area contributed by atoms with Crippen LogP contribution in [-0.4, -0.2) is 28.9 Å². The zero-order valence-corrected chi connectivity index (χ0v) is 12.8. The number of halogens is 2. The zero-order valence-electron chi connectivity index (χ0n) is 11.3. The first-order valence-corrected chi connectivity index (χ1v) is 8.01. The Morgan fingerprint density at radius 2 is 1.75 bits per heavy atom. The molecular weight excluding hydrogens is 295 g/mol. The van der Waals surface area contributed by atoms with Crippen LogP contribution in [0.2, 0.25) is 10.3 Å². The van der Waals surface area contributed by atoms with Crippen molar-refractivity contribution in [2.45, 2.75) is 32.1 Å². The number of nitrogens with zero attached hydrogens (tertiary/aromatic N) is 2. The SMILES string of the molecule is O=C(c1cc(Cl)nc(Cl)c1)N1CC[C@@H]2CCCC[C@@H]2C1. The Bertz CT molecular complexity index is 500. The normalized spacial score (nSPS) is 26.2. The molecule has 2 atom stereocenters. The van der Waals surface area contributed by atoms with Crippen molar-refractivity contribution in [3.05, 3.63) is 28.0 Å². The van der Waals surface area contributed by atoms with Gasteiger partial charge in [-0.25, -0.2) is 4.98 Å². The first kappa shape index (κ1) is 14.2. The minimum Gasteiger partial charge on any atom is -0.338 e. The van der Waals surface area contributed by atoms with E-state index < -0.39 is 0 Å². The number of rotatable bonds is 1. The lowest BCUT2D eigenvalue weighted by Gasteiger charge is -2.41. The van der Waals surface area contributed by atoms with Crippen molar-refractivity contribution in [2.24, 2.45) is 11.8 Å². The van der Waals surface area contributed by atoms with Crippen LogP contribution in [0.4, 0.5) is 0 Å². The van der Waals surface area contributed by atoms with Gasteiger partial charge in [-0.15, -0.1) is 0 Å². The second kappa shape index (κ2) is 5.90. The van der Waals surface area contributed by atoms with E-state index in [1.807, 2.05) is 4.90 Å². The highest BCUT2D eigenvalue weighted by atomic mass is 35.5. The second-order valence-corrected chi connectivity index (χ2v) is 6.62. The molecule has 1 aromatic heterocycles. The Kier molecular flexibility index (Phi) is 4.18. The van der Waals surface area contributed by atoms with Crippen molar-refractivity contribution < 1.29 is 4.79 Å². The molecule has 0 bridgehead atoms. The molecule has 20 heavy (non-hydrogen) atoms. The molecule has 0 aromatic carbocycles. The average Bonchev–Trinajstić information content (AvgIpc) is 2.45. The largest absolute Gasteiger partial charge is 0.338 e. The number of carbonyl (C=O) groups excluding carboxylic acids is 1. The summed E-state index contributed by atoms with van der Waals surface area (Å²) >= 11 is 11.8. The van der Waals surface area contributed by atoms with Crippen LogP contribution in [0, 0.1) is 11.8 Å². The van der Waals surface area contributed by atoms with E-state index in [1.54, 1.807) is 12.1 Å². The maximum atomic E-state index is 12.6. The van der Waals surface area contributed by atoms with Gasteiger partial charge in [-0.1, -0.05) is 42.5 Å². The maximum absolute atomic E-state index is 12.6. The molecule has 2 heterocycles. The van der Waals surface area contributed by atoms with Gasteiger partial charge in [-0.2, -0.15) is 0 Å². The Hall–Kier alpha value is -0.800. The summed E-state index contributed by atoms with van der Waals surface area (Å²) in [6.45, 7) is 1.72. The zero-order chi connectivity index (χ0) is 14.1. The van der Waals surface area contributed by atoms with Crippen molar-refractivity contribution >= 4 is 29.1 Å². The van der Waals surface area contributed by atoms with Gasteiger partial charge >= 0.3 is 0 Å². The lowest BCUT2D eigenvalue weighted by atomic mass is 9.75. The van der Waals surface area contributed by atoms with Crippen LogP contribution in [0.3, 0.4) is 0 Å². The number of fused-ring (bicyclic) bond motifs is 1. The van der Waals surface area contributed by atoms with E-state index in [4.69, 9.17) is 23.2 Å². The minimum absolute atomic E-state index is 0.0280. The van der Waals surface area contributed by atoms with Crippen LogP contribution >= 0.6 is 23.2 Å². The molecule has 2 fully saturated rings. The van der Waals surface area contributed by atoms with Crippen LogP contribution in [-0.2, 0) is 0 Å². The quantitative estimate of drug-likeness (QED) is 0.733. The first-order chi connectivity index (χ1) is 9.63. The molecule has 0 unspecified atom stereocenters. The summed E-state index contributed by atoms with van der Waals surface area (Å²) in [5.41, 5.74) is 0.546. The van der Waals surface area contributed by atoms with Gasteiger partial charge in [-0.3, -0.25) is 4.79 Å². The van der Waals surface area contributed by atoms with Gasteiger partial charge in [0.25, 0.3) is 5.91 Å². The topological polar surface area (TPSA) is 33.2 Å². The predicted octanol–water partition coefficient (Wildman–Crippen LogP) is 4.04. The molecule has 1 amide bonds. The highest BCUT2D eigenvalue weighted by Crippen LogP contribution is 2.36. The third-order valence-corrected chi connectivity index (χ3v) is 4.98. The highest BCUT2D eigenvalue weighted by molar-refractivity contribution is 6.33. The van der Waals surface area contributed by atoms with E-state index in [-0.39, 0.29) is 16.2 Å². The molecule has 0 spiro atoms. The summed E-state index contributed by atoms with van der Waals surface area (Å²) in [5.74, 6) is 1.52. The summed E-state index contributed by atoms with van der Waals surface area (Å²) in [6.07, 6.45) is 6.37. The molecule has 1 aliphatic heterocycles. The van der Waals surface area contributed by atoms with Crippen molar-refractivity contribution in [3.63, 3.8) is 0 Å². The standard InChI is InChI=1S/C15H18Cl2N2O/c16-13-7-12(8-14(17)18-13)15(20)19-6-5-10-3-1-2-4-11(10)9-19/h7-8,10-11H,1-6,9H2/t10-,11+/m0/s1. The highest BCUT2D eigenvalue weighted by Gasteiger charge is 2.33. The van der Waals surface area contributed by atoms with Crippen LogP contribution in [0.15, 0.2) is 12.1 Å². The molecule has 0 N–H and O–H groups in total. The number of aromatic nitrogens is 1. The van der Waals surface area contributed by atoms with Crippen LogP contribution < -0.4 is 0 Å². The predicted molar refractivity (Wildman–Crippen MR) is 80.2 cm³/mol. The van der Waals surface area contributed by atoms with E-state index in [0.29, 0.717) is 11.5 Å². The molecule has 3 nitrogen and oxygen atoms in total. The van der Waals surface area contributed by atoms with E-state index in [9.17, 15) is 4.79 Å². The number of likely N-dealkylation sites (tertiary alicyclic amines) is 1. The van der Waals surface area contributed by atoms with Crippen molar-refractivity contribution in [1.29, 1.82) is 0 Å². The molecule has 0 radical (unpaired) electrons. The second-order valence-electron chi connectivity index (χ2n) is 5.85. The Morgan fingerprint density at radius 3 is 2.45 bits per heavy atom. The van der Waals surface area contributed by atoms with Gasteiger partial charge < -0.3 is 4.90 Å². The fraction of sp³-hybridized carbons (Fsp3) is 0.600. The Morgan fingerprint density at radius 1 is 1.10 bits per heavy atom. The summed E-state index contributed by atoms with van der Waals surface area (Å²) in [4.78, 5) is 18.4. The molecule has 1 saturated carbocycles. The van der Waals surface area contributed by atoms with Crippen LogP contribution in [0.5, 0.6) is 0 Å². The molecule has 5 heteroatoms. The molecule has 108 valence electrons. The maximum Gasteiger partial charge on any atom is 0.254 e. The van der Waals surface area contributed by atoms with Crippen molar-refractivity contribution in [1.82, 2.24) is 9.88 Å². The third-order valence-electron chi connectivity index (χ3n) is 4.59. The molecule has 1 aromatic rings. The molecule has 1 aliphatic carbocycles. The van der Waals surface area contributed by atoms with Crippen LogP contribution in [0.25, 0.3) is 0 Å². The molecular formula is C15H18Cl2N2O. The van der Waals surface area contributed by atoms with Crippen molar-refractivity contribution in [2.75, 3.05) is 13.1 Å². The smallest absolute Gasteiger partial charge is 0.254 e. The fourth-order valence-corrected chi connectivity index (χ4v) is 4.02. The van der Waals surface area contributed by atoms with Gasteiger partial charge in [0, 0.05) is 18.7 Å². The fourth-order valence-electron chi connectivity index (χ4n) is 3.56. The van der Waals surface area contributed by atoms with E-state index in [0.717, 1.165) is 25.4 Å². The van der Waals surface area contributed by atoms with Crippen LogP contribution in [0.1, 0.15) is 42.5 Å². The van der Waals surface area contributed by atoms with E-state index in [2.05, 4.69) is 4.98 Å². The van der Waals surface area contributed by atoms with Gasteiger partial charge in [0.15, 0.2) is 0 Å². The van der Waals surface area contributed by atoms with Crippen molar-refractivity contribution in [3.8, 4) is 0 Å². The monoisotopic (exact) mass is 312 g/mol. The summed E-state index contributed by atoms with van der Waals surface area (Å²) in [5, 5.41) is 0.543. The van der Waals surface area contributed by atoms with Gasteiger partial charge in [-0.05, 0) is 36.8 Å². The van der Waals surface area contributed by atoms with Gasteiger partial charge in [0.1, 0.15) is 10.3 Å². The average molecular weight is 313 g/mol. The summed E-state index contributed by atoms with van der Waals surface area (Å²) in [7, 11) is 0. The van der Waals surface area contributed by atoms with Gasteiger partial charge in [0.05, 0.1) is 0 Å². The number of piperidine rings is 1. The number of amides is 1. The molecule has 1 saturated heterocycles. The third kappa shape index (κ3) is 2.94. The number of carbonyl (C=O) groups is 1. The van der Waals surface area contributed by atoms with E-state index in [1.165, 1.54) is 25.7 Å². The minimum atomic E-state index is 0.0280. The Balaban J connectivity index is 1.74. The summed E-state index contributed by atoms with van der Waals surface area (Å²) < 4.78 is 0. The number of hydrogen-bond acceptors (Lipinski definition) is 2. The molecule has 2 aliphatic rings.